The van der Waals surface area contributed by atoms with Crippen LogP contribution in [0.25, 0.3) is 6.08 Å². The van der Waals surface area contributed by atoms with Crippen molar-refractivity contribution in [3.63, 3.8) is 0 Å². The molecule has 0 fully saturated rings. The highest BCUT2D eigenvalue weighted by molar-refractivity contribution is 6.20. The van der Waals surface area contributed by atoms with Crippen LogP contribution in [0.3, 0.4) is 0 Å². The Labute approximate surface area is 192 Å². The van der Waals surface area contributed by atoms with Crippen molar-refractivity contribution in [1.82, 2.24) is 10.4 Å². The Morgan fingerprint density at radius 3 is 2.45 bits per heavy atom. The summed E-state index contributed by atoms with van der Waals surface area (Å²) >= 11 is 0. The zero-order valence-corrected chi connectivity index (χ0v) is 18.7. The molecule has 0 saturated carbocycles. The van der Waals surface area contributed by atoms with Gasteiger partial charge in [0.05, 0.1) is 18.3 Å². The summed E-state index contributed by atoms with van der Waals surface area (Å²) in [6.45, 7) is 6.09. The van der Waals surface area contributed by atoms with Gasteiger partial charge in [0, 0.05) is 11.6 Å². The number of nitrogens with zero attached hydrogens (tertiary/aromatic N) is 2. The molecule has 4 rings (SSSR count). The van der Waals surface area contributed by atoms with Crippen LogP contribution in [0, 0.1) is 0 Å². The zero-order chi connectivity index (χ0) is 23.4. The van der Waals surface area contributed by atoms with Crippen LogP contribution < -0.4 is 10.2 Å². The lowest BCUT2D eigenvalue weighted by molar-refractivity contribution is -0.136. The number of carbonyl (C=O) groups is 2. The Kier molecular flexibility index (Phi) is 6.13. The van der Waals surface area contributed by atoms with E-state index < -0.39 is 11.3 Å². The first-order valence-electron chi connectivity index (χ1n) is 10.7. The van der Waals surface area contributed by atoms with E-state index in [1.54, 1.807) is 32.1 Å². The molecule has 7 heteroatoms. The molecule has 33 heavy (non-hydrogen) atoms. The third-order valence-corrected chi connectivity index (χ3v) is 5.38. The summed E-state index contributed by atoms with van der Waals surface area (Å²) in [4.78, 5) is 31.0. The number of furan rings is 1. The first-order chi connectivity index (χ1) is 15.9. The van der Waals surface area contributed by atoms with Crippen LogP contribution in [0.2, 0.25) is 0 Å². The lowest BCUT2D eigenvalue weighted by Crippen LogP contribution is -2.52. The summed E-state index contributed by atoms with van der Waals surface area (Å²) in [7, 11) is 0. The fourth-order valence-electron chi connectivity index (χ4n) is 3.42. The molecule has 2 heterocycles. The highest BCUT2D eigenvalue weighted by Gasteiger charge is 2.37. The number of amidine groups is 1. The van der Waals surface area contributed by atoms with Crippen molar-refractivity contribution in [1.29, 1.82) is 0 Å². The van der Waals surface area contributed by atoms with Crippen LogP contribution in [0.15, 0.2) is 88.1 Å². The molecule has 0 saturated heterocycles. The first-order valence-corrected chi connectivity index (χ1v) is 10.7. The Hall–Kier alpha value is -4.13. The van der Waals surface area contributed by atoms with Gasteiger partial charge in [0.15, 0.2) is 5.84 Å². The molecule has 0 spiro atoms. The highest BCUT2D eigenvalue weighted by atomic mass is 16.5. The van der Waals surface area contributed by atoms with Crippen LogP contribution in [-0.2, 0) is 15.0 Å². The molecule has 7 nitrogen and oxygen atoms in total. The maximum absolute atomic E-state index is 13.3. The quantitative estimate of drug-likeness (QED) is 0.552. The Balaban J connectivity index is 1.62. The predicted octanol–water partition coefficient (Wildman–Crippen LogP) is 4.32. The van der Waals surface area contributed by atoms with Crippen LogP contribution in [0.4, 0.5) is 0 Å². The maximum Gasteiger partial charge on any atom is 0.297 e. The smallest absolute Gasteiger partial charge is 0.297 e. The molecule has 0 aliphatic carbocycles. The van der Waals surface area contributed by atoms with Gasteiger partial charge in [-0.05, 0) is 50.6 Å². The van der Waals surface area contributed by atoms with Gasteiger partial charge in [-0.2, -0.15) is 5.01 Å². The van der Waals surface area contributed by atoms with Gasteiger partial charge in [-0.25, -0.2) is 4.99 Å². The molecule has 1 aliphatic rings. The van der Waals surface area contributed by atoms with Gasteiger partial charge in [-0.1, -0.05) is 42.5 Å². The molecular weight excluding hydrogens is 418 g/mol. The largest absolute Gasteiger partial charge is 0.494 e. The van der Waals surface area contributed by atoms with Crippen LogP contribution >= 0.6 is 0 Å². The summed E-state index contributed by atoms with van der Waals surface area (Å²) in [6.07, 6.45) is 3.07. The van der Waals surface area contributed by atoms with Crippen molar-refractivity contribution in [2.24, 2.45) is 4.99 Å². The van der Waals surface area contributed by atoms with E-state index in [1.807, 2.05) is 61.5 Å². The molecule has 1 N–H and O–H groups in total. The first kappa shape index (κ1) is 22.1. The second-order valence-electron chi connectivity index (χ2n) is 8.01. The summed E-state index contributed by atoms with van der Waals surface area (Å²) in [5.41, 5.74) is 3.52. The van der Waals surface area contributed by atoms with E-state index in [4.69, 9.17) is 9.15 Å². The number of benzene rings is 2. The molecule has 0 atom stereocenters. The molecular formula is C26H25N3O4. The standard InChI is InChI=1S/C26H25N3O4/c1-4-32-20-14-12-19(13-15-20)26(2,3)25(31)28-29-23(18-9-6-5-7-10-18)27-22(24(29)30)17-21-11-8-16-33-21/h5-17H,4H2,1-3H3,(H,28,31). The van der Waals surface area contributed by atoms with Crippen molar-refractivity contribution in [2.45, 2.75) is 26.2 Å². The number of amides is 2. The number of carbonyl (C=O) groups excluding carboxylic acids is 2. The summed E-state index contributed by atoms with van der Waals surface area (Å²) in [5.74, 6) is 0.786. The van der Waals surface area contributed by atoms with E-state index in [0.29, 0.717) is 23.8 Å². The van der Waals surface area contributed by atoms with Crippen molar-refractivity contribution in [3.05, 3.63) is 95.6 Å². The van der Waals surface area contributed by atoms with E-state index >= 15 is 0 Å². The zero-order valence-electron chi connectivity index (χ0n) is 18.7. The molecule has 1 aliphatic heterocycles. The number of hydrogen-bond acceptors (Lipinski definition) is 5. The Morgan fingerprint density at radius 2 is 1.82 bits per heavy atom. The summed E-state index contributed by atoms with van der Waals surface area (Å²) in [5, 5.41) is 1.20. The third kappa shape index (κ3) is 4.57. The van der Waals surface area contributed by atoms with Crippen molar-refractivity contribution in [2.75, 3.05) is 6.61 Å². The normalized spacial score (nSPS) is 15.0. The van der Waals surface area contributed by atoms with Crippen molar-refractivity contribution < 1.29 is 18.7 Å². The van der Waals surface area contributed by atoms with Crippen molar-refractivity contribution >= 4 is 23.7 Å². The number of hydrogen-bond donors (Lipinski definition) is 1. The molecule has 2 amide bonds. The van der Waals surface area contributed by atoms with Gasteiger partial charge in [0.1, 0.15) is 17.2 Å². The van der Waals surface area contributed by atoms with Gasteiger partial charge < -0.3 is 9.15 Å². The molecule has 0 unspecified atom stereocenters. The number of nitrogens with one attached hydrogen (secondary N) is 1. The van der Waals surface area contributed by atoms with Gasteiger partial charge in [-0.3, -0.25) is 15.0 Å². The van der Waals surface area contributed by atoms with Gasteiger partial charge in [0.25, 0.3) is 5.91 Å². The maximum atomic E-state index is 13.3. The molecule has 1 aromatic heterocycles. The Bertz CT molecular complexity index is 1190. The fourth-order valence-corrected chi connectivity index (χ4v) is 3.42. The monoisotopic (exact) mass is 443 g/mol. The fraction of sp³-hybridized carbons (Fsp3) is 0.192. The highest BCUT2D eigenvalue weighted by Crippen LogP contribution is 2.27. The minimum atomic E-state index is -0.916. The van der Waals surface area contributed by atoms with E-state index in [0.717, 1.165) is 11.3 Å². The molecule has 168 valence electrons. The minimum Gasteiger partial charge on any atom is -0.494 e. The third-order valence-electron chi connectivity index (χ3n) is 5.38. The second kappa shape index (κ2) is 9.16. The predicted molar refractivity (Wildman–Crippen MR) is 125 cm³/mol. The van der Waals surface area contributed by atoms with Gasteiger partial charge >= 0.3 is 0 Å². The topological polar surface area (TPSA) is 84.1 Å². The number of rotatable bonds is 7. The number of aliphatic imine (C=N–C) groups is 1. The number of hydrazine groups is 1. The minimum absolute atomic E-state index is 0.169. The van der Waals surface area contributed by atoms with Crippen molar-refractivity contribution in [3.8, 4) is 5.75 Å². The lowest BCUT2D eigenvalue weighted by Gasteiger charge is -2.28. The van der Waals surface area contributed by atoms with Gasteiger partial charge in [-0.15, -0.1) is 0 Å². The average Bonchev–Trinajstić information content (AvgIpc) is 3.44. The molecule has 3 aromatic rings. The van der Waals surface area contributed by atoms with E-state index in [9.17, 15) is 9.59 Å². The molecule has 0 radical (unpaired) electrons. The lowest BCUT2D eigenvalue weighted by atomic mass is 9.84. The second-order valence-corrected chi connectivity index (χ2v) is 8.01. The van der Waals surface area contributed by atoms with E-state index in [-0.39, 0.29) is 11.6 Å². The van der Waals surface area contributed by atoms with E-state index in [2.05, 4.69) is 10.4 Å². The Morgan fingerprint density at radius 1 is 1.09 bits per heavy atom. The van der Waals surface area contributed by atoms with E-state index in [1.165, 1.54) is 11.3 Å². The average molecular weight is 444 g/mol. The van der Waals surface area contributed by atoms with Crippen LogP contribution in [0.5, 0.6) is 5.75 Å². The number of ether oxygens (including phenoxy) is 1. The van der Waals surface area contributed by atoms with Crippen LogP contribution in [0.1, 0.15) is 37.7 Å². The van der Waals surface area contributed by atoms with Crippen LogP contribution in [-0.4, -0.2) is 29.3 Å². The molecule has 2 aromatic carbocycles. The molecule has 0 bridgehead atoms. The summed E-state index contributed by atoms with van der Waals surface area (Å²) < 4.78 is 10.8. The summed E-state index contributed by atoms with van der Waals surface area (Å²) in [6, 6.07) is 20.1. The SMILES string of the molecule is CCOc1ccc(C(C)(C)C(=O)NN2C(=O)C(=Cc3ccco3)N=C2c2ccccc2)cc1. The van der Waals surface area contributed by atoms with Gasteiger partial charge in [0.2, 0.25) is 5.91 Å².